The van der Waals surface area contributed by atoms with Crippen molar-refractivity contribution in [2.45, 2.75) is 32.4 Å². The average molecular weight is 231 g/mol. The molecule has 5 nitrogen and oxygen atoms in total. The summed E-state index contributed by atoms with van der Waals surface area (Å²) in [5, 5.41) is 2.61. The molecule has 16 heavy (non-hydrogen) atoms. The lowest BCUT2D eigenvalue weighted by Gasteiger charge is -2.26. The van der Waals surface area contributed by atoms with E-state index in [-0.39, 0.29) is 18.1 Å². The lowest BCUT2D eigenvalue weighted by atomic mass is 10.1. The summed E-state index contributed by atoms with van der Waals surface area (Å²) in [7, 11) is 3.60. The Kier molecular flexibility index (Phi) is 8.15. The molecule has 0 aromatic rings. The summed E-state index contributed by atoms with van der Waals surface area (Å²) in [5.41, 5.74) is 5.65. The topological polar surface area (TPSA) is 67.6 Å². The van der Waals surface area contributed by atoms with Crippen LogP contribution in [0.2, 0.25) is 0 Å². The van der Waals surface area contributed by atoms with Crippen molar-refractivity contribution in [1.29, 1.82) is 0 Å². The third-order valence-corrected chi connectivity index (χ3v) is 2.49. The second-order valence-electron chi connectivity index (χ2n) is 4.17. The summed E-state index contributed by atoms with van der Waals surface area (Å²) in [6.07, 6.45) is 0.675. The monoisotopic (exact) mass is 231 g/mol. The Balaban J connectivity index is 3.90. The van der Waals surface area contributed by atoms with Gasteiger partial charge in [0.1, 0.15) is 0 Å². The highest BCUT2D eigenvalue weighted by Gasteiger charge is 2.16. The van der Waals surface area contributed by atoms with Gasteiger partial charge in [-0.3, -0.25) is 9.69 Å². The molecule has 0 radical (unpaired) electrons. The number of carbonyl (C=O) groups excluding carboxylic acids is 1. The van der Waals surface area contributed by atoms with E-state index in [1.54, 1.807) is 7.05 Å². The Hall–Kier alpha value is -0.650. The Morgan fingerprint density at radius 2 is 2.12 bits per heavy atom. The van der Waals surface area contributed by atoms with Crippen molar-refractivity contribution in [3.05, 3.63) is 0 Å². The maximum atomic E-state index is 11.2. The number of nitrogens with one attached hydrogen (secondary N) is 1. The van der Waals surface area contributed by atoms with Crippen LogP contribution in [0.4, 0.5) is 0 Å². The first-order valence-electron chi connectivity index (χ1n) is 5.73. The number of carbonyl (C=O) groups is 1. The van der Waals surface area contributed by atoms with Crippen molar-refractivity contribution in [3.8, 4) is 0 Å². The summed E-state index contributed by atoms with van der Waals surface area (Å²) in [6, 6.07) is 0.0794. The van der Waals surface area contributed by atoms with Gasteiger partial charge in [0.2, 0.25) is 5.91 Å². The van der Waals surface area contributed by atoms with Gasteiger partial charge in [-0.15, -0.1) is 0 Å². The van der Waals surface area contributed by atoms with Gasteiger partial charge in [0.15, 0.2) is 0 Å². The Bertz CT molecular complexity index is 198. The van der Waals surface area contributed by atoms with Crippen LogP contribution in [0.5, 0.6) is 0 Å². The fraction of sp³-hybridized carbons (Fsp3) is 0.909. The predicted molar refractivity (Wildman–Crippen MR) is 65.2 cm³/mol. The molecular weight excluding hydrogens is 206 g/mol. The second kappa shape index (κ2) is 8.50. The number of hydrogen-bond acceptors (Lipinski definition) is 4. The Morgan fingerprint density at radius 3 is 2.56 bits per heavy atom. The van der Waals surface area contributed by atoms with E-state index in [1.165, 1.54) is 0 Å². The minimum absolute atomic E-state index is 0.0204. The van der Waals surface area contributed by atoms with Gasteiger partial charge in [-0.25, -0.2) is 0 Å². The van der Waals surface area contributed by atoms with Gasteiger partial charge < -0.3 is 15.8 Å². The van der Waals surface area contributed by atoms with Gasteiger partial charge in [0.25, 0.3) is 0 Å². The van der Waals surface area contributed by atoms with Crippen LogP contribution in [-0.4, -0.2) is 56.7 Å². The van der Waals surface area contributed by atoms with Crippen molar-refractivity contribution >= 4 is 5.91 Å². The van der Waals surface area contributed by atoms with Gasteiger partial charge in [0.05, 0.1) is 12.7 Å². The van der Waals surface area contributed by atoms with Crippen molar-refractivity contribution < 1.29 is 9.53 Å². The van der Waals surface area contributed by atoms with Crippen LogP contribution >= 0.6 is 0 Å². The first-order valence-corrected chi connectivity index (χ1v) is 5.73. The van der Waals surface area contributed by atoms with Gasteiger partial charge >= 0.3 is 0 Å². The normalized spacial score (nSPS) is 13.2. The molecule has 0 aliphatic carbocycles. The molecule has 0 aromatic heterocycles. The number of amides is 1. The van der Waals surface area contributed by atoms with E-state index in [2.05, 4.69) is 10.2 Å². The van der Waals surface area contributed by atoms with Crippen LogP contribution in [0.15, 0.2) is 0 Å². The Morgan fingerprint density at radius 1 is 1.50 bits per heavy atom. The molecule has 1 atom stereocenters. The molecule has 1 unspecified atom stereocenters. The zero-order valence-corrected chi connectivity index (χ0v) is 10.8. The minimum atomic E-state index is 0.0204. The highest BCUT2D eigenvalue weighted by atomic mass is 16.5. The third-order valence-electron chi connectivity index (χ3n) is 2.49. The van der Waals surface area contributed by atoms with E-state index in [0.717, 1.165) is 6.54 Å². The number of hydrogen-bond donors (Lipinski definition) is 2. The molecule has 0 fully saturated rings. The second-order valence-corrected chi connectivity index (χ2v) is 4.17. The molecule has 0 spiro atoms. The van der Waals surface area contributed by atoms with Crippen LogP contribution in [0.1, 0.15) is 20.3 Å². The summed E-state index contributed by atoms with van der Waals surface area (Å²) in [6.45, 7) is 5.94. The first kappa shape index (κ1) is 15.3. The van der Waals surface area contributed by atoms with Gasteiger partial charge in [-0.1, -0.05) is 0 Å². The maximum Gasteiger partial charge on any atom is 0.221 e. The standard InChI is InChI=1S/C11H25N3O2/c1-9(2)16-6-5-14(4)10(8-12)7-11(15)13-3/h9-10H,5-8,12H2,1-4H3,(H,13,15). The van der Waals surface area contributed by atoms with Crippen molar-refractivity contribution in [2.75, 3.05) is 33.8 Å². The fourth-order valence-corrected chi connectivity index (χ4v) is 1.35. The maximum absolute atomic E-state index is 11.2. The van der Waals surface area contributed by atoms with Crippen molar-refractivity contribution in [2.24, 2.45) is 5.73 Å². The quantitative estimate of drug-likeness (QED) is 0.607. The molecule has 3 N–H and O–H groups in total. The van der Waals surface area contributed by atoms with E-state index in [9.17, 15) is 4.79 Å². The van der Waals surface area contributed by atoms with E-state index < -0.39 is 0 Å². The highest BCUT2D eigenvalue weighted by Crippen LogP contribution is 2.01. The number of ether oxygens (including phenoxy) is 1. The number of nitrogens with two attached hydrogens (primary N) is 1. The molecule has 0 aliphatic rings. The third kappa shape index (κ3) is 6.76. The molecule has 0 saturated heterocycles. The molecule has 0 saturated carbocycles. The van der Waals surface area contributed by atoms with E-state index in [0.29, 0.717) is 19.6 Å². The number of nitrogens with zero attached hydrogens (tertiary/aromatic N) is 1. The van der Waals surface area contributed by atoms with Gasteiger partial charge in [0, 0.05) is 32.6 Å². The van der Waals surface area contributed by atoms with E-state index in [4.69, 9.17) is 10.5 Å². The largest absolute Gasteiger partial charge is 0.377 e. The minimum Gasteiger partial charge on any atom is -0.377 e. The molecule has 0 heterocycles. The average Bonchev–Trinajstić information content (AvgIpc) is 2.24. The van der Waals surface area contributed by atoms with E-state index in [1.807, 2.05) is 20.9 Å². The van der Waals surface area contributed by atoms with E-state index >= 15 is 0 Å². The zero-order valence-electron chi connectivity index (χ0n) is 10.8. The van der Waals surface area contributed by atoms with Crippen LogP contribution in [-0.2, 0) is 9.53 Å². The first-order chi connectivity index (χ1) is 7.51. The molecule has 0 aliphatic heterocycles. The lowest BCUT2D eigenvalue weighted by Crippen LogP contribution is -2.42. The molecule has 96 valence electrons. The molecule has 0 rings (SSSR count). The SMILES string of the molecule is CNC(=O)CC(CN)N(C)CCOC(C)C. The van der Waals surface area contributed by atoms with Gasteiger partial charge in [-0.2, -0.15) is 0 Å². The van der Waals surface area contributed by atoms with Crippen LogP contribution < -0.4 is 11.1 Å². The molecule has 0 aromatic carbocycles. The van der Waals surface area contributed by atoms with Crippen molar-refractivity contribution in [3.63, 3.8) is 0 Å². The molecule has 1 amide bonds. The van der Waals surface area contributed by atoms with Crippen LogP contribution in [0, 0.1) is 0 Å². The number of likely N-dealkylation sites (N-methyl/N-ethyl adjacent to an activating group) is 1. The summed E-state index contributed by atoms with van der Waals surface area (Å²) in [5.74, 6) is 0.0204. The Labute approximate surface area is 98.3 Å². The molecule has 0 bridgehead atoms. The summed E-state index contributed by atoms with van der Waals surface area (Å²) >= 11 is 0. The van der Waals surface area contributed by atoms with Crippen molar-refractivity contribution in [1.82, 2.24) is 10.2 Å². The predicted octanol–water partition coefficient (Wildman–Crippen LogP) is -0.193. The zero-order chi connectivity index (χ0) is 12.6. The molecule has 5 heteroatoms. The smallest absolute Gasteiger partial charge is 0.221 e. The fourth-order valence-electron chi connectivity index (χ4n) is 1.35. The van der Waals surface area contributed by atoms with Gasteiger partial charge in [-0.05, 0) is 20.9 Å². The number of rotatable bonds is 8. The highest BCUT2D eigenvalue weighted by molar-refractivity contribution is 5.76. The lowest BCUT2D eigenvalue weighted by molar-refractivity contribution is -0.121. The van der Waals surface area contributed by atoms with Crippen LogP contribution in [0.3, 0.4) is 0 Å². The summed E-state index contributed by atoms with van der Waals surface area (Å²) < 4.78 is 5.46. The van der Waals surface area contributed by atoms with Crippen LogP contribution in [0.25, 0.3) is 0 Å². The molecular formula is C11H25N3O2. The summed E-state index contributed by atoms with van der Waals surface area (Å²) in [4.78, 5) is 13.3.